The average Bonchev–Trinajstić information content (AvgIpc) is 2.50. The Balaban J connectivity index is 1.72. The molecule has 2 aliphatic rings. The highest BCUT2D eigenvalue weighted by atomic mass is 32.2. The third kappa shape index (κ3) is 3.44. The number of morpholine rings is 1. The summed E-state index contributed by atoms with van der Waals surface area (Å²) in [5.74, 6) is 3.39. The molecular weight excluding hydrogens is 258 g/mol. The molecule has 2 atom stereocenters. The first kappa shape index (κ1) is 13.3. The van der Waals surface area contributed by atoms with E-state index in [4.69, 9.17) is 9.47 Å². The topological polar surface area (TPSA) is 30.5 Å². The molecule has 2 heterocycles. The Labute approximate surface area is 119 Å². The number of hydrogen-bond donors (Lipinski definition) is 1. The summed E-state index contributed by atoms with van der Waals surface area (Å²) >= 11 is 2.00. The summed E-state index contributed by atoms with van der Waals surface area (Å²) in [6.07, 6.45) is 2.92. The minimum atomic E-state index is 0.126. The van der Waals surface area contributed by atoms with Gasteiger partial charge >= 0.3 is 0 Å². The Kier molecular flexibility index (Phi) is 4.64. The third-order valence-electron chi connectivity index (χ3n) is 3.61. The fourth-order valence-electron chi connectivity index (χ4n) is 2.60. The number of para-hydroxylation sites is 1. The maximum atomic E-state index is 6.21. The maximum Gasteiger partial charge on any atom is 0.125 e. The van der Waals surface area contributed by atoms with Crippen molar-refractivity contribution < 1.29 is 9.47 Å². The van der Waals surface area contributed by atoms with Crippen molar-refractivity contribution in [1.29, 1.82) is 0 Å². The van der Waals surface area contributed by atoms with Gasteiger partial charge in [-0.2, -0.15) is 11.8 Å². The minimum absolute atomic E-state index is 0.126. The molecule has 1 aromatic rings. The summed E-state index contributed by atoms with van der Waals surface area (Å²) < 4.78 is 12.1. The molecule has 0 bridgehead atoms. The Morgan fingerprint density at radius 2 is 2.26 bits per heavy atom. The molecule has 0 spiro atoms. The predicted molar refractivity (Wildman–Crippen MR) is 79.0 cm³/mol. The van der Waals surface area contributed by atoms with Gasteiger partial charge in [0, 0.05) is 24.4 Å². The van der Waals surface area contributed by atoms with Crippen molar-refractivity contribution in [2.75, 3.05) is 31.2 Å². The normalized spacial score (nSPS) is 28.0. The molecule has 3 rings (SSSR count). The largest absolute Gasteiger partial charge is 0.489 e. The maximum absolute atomic E-state index is 6.21. The highest BCUT2D eigenvalue weighted by molar-refractivity contribution is 7.99. The van der Waals surface area contributed by atoms with E-state index in [9.17, 15) is 0 Å². The van der Waals surface area contributed by atoms with Crippen LogP contribution < -0.4 is 10.1 Å². The van der Waals surface area contributed by atoms with Crippen LogP contribution in [0.3, 0.4) is 0 Å². The van der Waals surface area contributed by atoms with E-state index >= 15 is 0 Å². The van der Waals surface area contributed by atoms with Gasteiger partial charge in [0.25, 0.3) is 0 Å². The molecule has 4 heteroatoms. The molecule has 1 N–H and O–H groups in total. The molecular formula is C15H21NO2S. The molecule has 1 aromatic carbocycles. The van der Waals surface area contributed by atoms with Crippen molar-refractivity contribution in [1.82, 2.24) is 5.32 Å². The number of nitrogens with one attached hydrogen (secondary N) is 1. The van der Waals surface area contributed by atoms with E-state index in [2.05, 4.69) is 23.5 Å². The van der Waals surface area contributed by atoms with Crippen LogP contribution in [0.1, 0.15) is 24.5 Å². The van der Waals surface area contributed by atoms with E-state index < -0.39 is 0 Å². The first-order valence-electron chi connectivity index (χ1n) is 7.09. The van der Waals surface area contributed by atoms with Gasteiger partial charge in [0.15, 0.2) is 0 Å². The molecule has 104 valence electrons. The molecule has 0 amide bonds. The molecule has 2 aliphatic heterocycles. The highest BCUT2D eigenvalue weighted by Gasteiger charge is 2.22. The van der Waals surface area contributed by atoms with Crippen molar-refractivity contribution in [2.45, 2.75) is 25.0 Å². The van der Waals surface area contributed by atoms with Crippen molar-refractivity contribution in [3.63, 3.8) is 0 Å². The van der Waals surface area contributed by atoms with Crippen molar-refractivity contribution >= 4 is 11.8 Å². The van der Waals surface area contributed by atoms with Crippen molar-refractivity contribution in [2.24, 2.45) is 0 Å². The summed E-state index contributed by atoms with van der Waals surface area (Å²) in [7, 11) is 0. The highest BCUT2D eigenvalue weighted by Crippen LogP contribution is 2.31. The Bertz CT molecular complexity index is 401. The zero-order valence-corrected chi connectivity index (χ0v) is 12.0. The second kappa shape index (κ2) is 6.64. The number of rotatable bonds is 3. The van der Waals surface area contributed by atoms with Crippen LogP contribution in [0.5, 0.6) is 5.75 Å². The summed E-state index contributed by atoms with van der Waals surface area (Å²) in [6, 6.07) is 8.32. The SMILES string of the molecule is c1ccc(C2CNCCO2)c(OC2CCCSC2)c1. The van der Waals surface area contributed by atoms with E-state index in [1.807, 2.05) is 17.8 Å². The Hall–Kier alpha value is -0.710. The lowest BCUT2D eigenvalue weighted by atomic mass is 10.1. The number of thioether (sulfide) groups is 1. The van der Waals surface area contributed by atoms with Gasteiger partial charge in [-0.3, -0.25) is 0 Å². The molecule has 3 nitrogen and oxygen atoms in total. The number of benzene rings is 1. The lowest BCUT2D eigenvalue weighted by molar-refractivity contribution is 0.0251. The number of ether oxygens (including phenoxy) is 2. The van der Waals surface area contributed by atoms with Crippen LogP contribution in [0.15, 0.2) is 24.3 Å². The van der Waals surface area contributed by atoms with E-state index in [1.165, 1.54) is 24.2 Å². The zero-order chi connectivity index (χ0) is 12.9. The van der Waals surface area contributed by atoms with Crippen molar-refractivity contribution in [3.8, 4) is 5.75 Å². The van der Waals surface area contributed by atoms with E-state index in [1.54, 1.807) is 0 Å². The molecule has 2 fully saturated rings. The molecule has 19 heavy (non-hydrogen) atoms. The molecule has 0 aromatic heterocycles. The number of hydrogen-bond acceptors (Lipinski definition) is 4. The first-order chi connectivity index (χ1) is 9.43. The Morgan fingerprint density at radius 3 is 3.05 bits per heavy atom. The smallest absolute Gasteiger partial charge is 0.125 e. The minimum Gasteiger partial charge on any atom is -0.489 e. The van der Waals surface area contributed by atoms with E-state index in [0.29, 0.717) is 6.10 Å². The molecule has 0 saturated carbocycles. The fraction of sp³-hybridized carbons (Fsp3) is 0.600. The molecule has 0 aliphatic carbocycles. The van der Waals surface area contributed by atoms with Crippen LogP contribution >= 0.6 is 11.8 Å². The summed E-state index contributed by atoms with van der Waals surface area (Å²) in [4.78, 5) is 0. The monoisotopic (exact) mass is 279 g/mol. The van der Waals surface area contributed by atoms with Crippen LogP contribution in [0.25, 0.3) is 0 Å². The summed E-state index contributed by atoms with van der Waals surface area (Å²) in [6.45, 7) is 2.59. The summed E-state index contributed by atoms with van der Waals surface area (Å²) in [5, 5.41) is 3.38. The zero-order valence-electron chi connectivity index (χ0n) is 11.1. The predicted octanol–water partition coefficient (Wildman–Crippen LogP) is 2.62. The van der Waals surface area contributed by atoms with Gasteiger partial charge in [-0.1, -0.05) is 18.2 Å². The fourth-order valence-corrected chi connectivity index (χ4v) is 3.64. The molecule has 2 saturated heterocycles. The van der Waals surface area contributed by atoms with Gasteiger partial charge in [0.2, 0.25) is 0 Å². The van der Waals surface area contributed by atoms with E-state index in [0.717, 1.165) is 31.2 Å². The van der Waals surface area contributed by atoms with Crippen LogP contribution in [-0.2, 0) is 4.74 Å². The van der Waals surface area contributed by atoms with Crippen LogP contribution in [0.2, 0.25) is 0 Å². The van der Waals surface area contributed by atoms with Gasteiger partial charge in [0.1, 0.15) is 11.9 Å². The van der Waals surface area contributed by atoms with Crippen LogP contribution in [-0.4, -0.2) is 37.3 Å². The lowest BCUT2D eigenvalue weighted by Crippen LogP contribution is -2.34. The van der Waals surface area contributed by atoms with Crippen LogP contribution in [0, 0.1) is 0 Å². The van der Waals surface area contributed by atoms with E-state index in [-0.39, 0.29) is 6.10 Å². The van der Waals surface area contributed by atoms with Gasteiger partial charge < -0.3 is 14.8 Å². The molecule has 2 unspecified atom stereocenters. The molecule has 0 radical (unpaired) electrons. The third-order valence-corrected chi connectivity index (χ3v) is 4.79. The quantitative estimate of drug-likeness (QED) is 0.921. The lowest BCUT2D eigenvalue weighted by Gasteiger charge is -2.28. The Morgan fingerprint density at radius 1 is 1.32 bits per heavy atom. The average molecular weight is 279 g/mol. The summed E-state index contributed by atoms with van der Waals surface area (Å²) in [5.41, 5.74) is 1.19. The van der Waals surface area contributed by atoms with Gasteiger partial charge in [-0.15, -0.1) is 0 Å². The van der Waals surface area contributed by atoms with Gasteiger partial charge in [-0.05, 0) is 24.7 Å². The second-order valence-corrected chi connectivity index (χ2v) is 6.21. The standard InChI is InChI=1S/C15H21NO2S/c1-2-6-14(18-12-4-3-9-19-11-12)13(5-1)15-10-16-7-8-17-15/h1-2,5-6,12,15-16H,3-4,7-11H2. The second-order valence-electron chi connectivity index (χ2n) is 5.06. The van der Waals surface area contributed by atoms with Gasteiger partial charge in [0.05, 0.1) is 12.7 Å². The van der Waals surface area contributed by atoms with Crippen LogP contribution in [0.4, 0.5) is 0 Å². The van der Waals surface area contributed by atoms with Gasteiger partial charge in [-0.25, -0.2) is 0 Å². The van der Waals surface area contributed by atoms with Crippen molar-refractivity contribution in [3.05, 3.63) is 29.8 Å². The first-order valence-corrected chi connectivity index (χ1v) is 8.24.